The number of sulfonamides is 1. The molecule has 4 nitrogen and oxygen atoms in total. The number of nitrogens with zero attached hydrogens (tertiary/aromatic N) is 1. The van der Waals surface area contributed by atoms with Crippen molar-refractivity contribution < 1.29 is 8.42 Å². The molecule has 1 rings (SSSR count). The summed E-state index contributed by atoms with van der Waals surface area (Å²) in [5, 5.41) is 5.09. The third-order valence-corrected chi connectivity index (χ3v) is 2.10. The number of rotatable bonds is 2. The van der Waals surface area contributed by atoms with Crippen LogP contribution in [-0.4, -0.2) is 13.4 Å². The molecule has 2 N–H and O–H groups in total. The Hall–Kier alpha value is -0.650. The first-order valence-corrected chi connectivity index (χ1v) is 5.17. The average molecular weight is 207 g/mol. The van der Waals surface area contributed by atoms with Crippen molar-refractivity contribution in [3.63, 3.8) is 0 Å². The summed E-state index contributed by atoms with van der Waals surface area (Å²) >= 11 is 5.53. The molecule has 0 saturated heterocycles. The predicted octanol–water partition coefficient (Wildman–Crippen LogP) is 0.524. The normalized spacial score (nSPS) is 11.5. The number of primary sulfonamides is 1. The van der Waals surface area contributed by atoms with E-state index in [1.807, 2.05) is 0 Å². The maximum absolute atomic E-state index is 10.6. The Labute approximate surface area is 75.4 Å². The molecule has 12 heavy (non-hydrogen) atoms. The summed E-state index contributed by atoms with van der Waals surface area (Å²) < 4.78 is 21.3. The molecule has 0 fully saturated rings. The zero-order valence-corrected chi connectivity index (χ0v) is 7.64. The summed E-state index contributed by atoms with van der Waals surface area (Å²) in [6.07, 6.45) is 1.43. The quantitative estimate of drug-likeness (QED) is 0.718. The first kappa shape index (κ1) is 9.44. The van der Waals surface area contributed by atoms with Gasteiger partial charge in [-0.15, -0.1) is 0 Å². The van der Waals surface area contributed by atoms with Gasteiger partial charge in [0.25, 0.3) is 0 Å². The third-order valence-electron chi connectivity index (χ3n) is 1.16. The topological polar surface area (TPSA) is 73.1 Å². The Balaban J connectivity index is 2.91. The van der Waals surface area contributed by atoms with Gasteiger partial charge < -0.3 is 0 Å². The van der Waals surface area contributed by atoms with Gasteiger partial charge in [-0.3, -0.25) is 0 Å². The highest BCUT2D eigenvalue weighted by atomic mass is 35.5. The maximum atomic E-state index is 10.6. The molecule has 0 aromatic carbocycles. The van der Waals surface area contributed by atoms with Crippen molar-refractivity contribution in [3.05, 3.63) is 29.0 Å². The molecule has 0 radical (unpaired) electrons. The number of hydrogen-bond acceptors (Lipinski definition) is 3. The van der Waals surface area contributed by atoms with Crippen LogP contribution >= 0.6 is 11.6 Å². The Bertz CT molecular complexity index is 377. The number of hydrogen-bond donors (Lipinski definition) is 1. The van der Waals surface area contributed by atoms with Crippen LogP contribution in [0.5, 0.6) is 0 Å². The maximum Gasteiger partial charge on any atom is 0.213 e. The lowest BCUT2D eigenvalue weighted by Crippen LogP contribution is -2.14. The predicted molar refractivity (Wildman–Crippen MR) is 46.1 cm³/mol. The van der Waals surface area contributed by atoms with Crippen molar-refractivity contribution in [2.45, 2.75) is 5.75 Å². The molecule has 6 heteroatoms. The van der Waals surface area contributed by atoms with Crippen molar-refractivity contribution in [2.24, 2.45) is 5.14 Å². The van der Waals surface area contributed by atoms with Crippen LogP contribution in [0, 0.1) is 0 Å². The minimum atomic E-state index is -3.48. The van der Waals surface area contributed by atoms with Gasteiger partial charge in [0.05, 0.1) is 5.75 Å². The molecule has 66 valence electrons. The number of pyridine rings is 1. The van der Waals surface area contributed by atoms with Crippen molar-refractivity contribution in [2.75, 3.05) is 0 Å². The zero-order chi connectivity index (χ0) is 9.19. The highest BCUT2D eigenvalue weighted by Crippen LogP contribution is 2.08. The van der Waals surface area contributed by atoms with Gasteiger partial charge in [-0.1, -0.05) is 11.6 Å². The fourth-order valence-electron chi connectivity index (χ4n) is 0.765. The highest BCUT2D eigenvalue weighted by molar-refractivity contribution is 7.88. The second-order valence-electron chi connectivity index (χ2n) is 2.29. The molecule has 0 bridgehead atoms. The summed E-state index contributed by atoms with van der Waals surface area (Å²) in [5.41, 5.74) is 0.539. The lowest BCUT2D eigenvalue weighted by molar-refractivity contribution is 0.597. The van der Waals surface area contributed by atoms with E-state index < -0.39 is 10.0 Å². The van der Waals surface area contributed by atoms with Crippen molar-refractivity contribution in [3.8, 4) is 0 Å². The first-order chi connectivity index (χ1) is 5.47. The second kappa shape index (κ2) is 3.38. The Morgan fingerprint density at radius 1 is 1.58 bits per heavy atom. The number of nitrogens with two attached hydrogens (primary N) is 1. The third kappa shape index (κ3) is 3.17. The van der Waals surface area contributed by atoms with Crippen molar-refractivity contribution >= 4 is 21.6 Å². The SMILES string of the molecule is NS(=O)(=O)Cc1ccnc(Cl)c1. The van der Waals surface area contributed by atoms with E-state index in [1.54, 1.807) is 6.07 Å². The lowest BCUT2D eigenvalue weighted by Gasteiger charge is -1.97. The molecule has 0 saturated carbocycles. The van der Waals surface area contributed by atoms with E-state index in [0.29, 0.717) is 5.56 Å². The monoisotopic (exact) mass is 206 g/mol. The summed E-state index contributed by atoms with van der Waals surface area (Å²) in [4.78, 5) is 3.70. The Morgan fingerprint density at radius 3 is 2.75 bits per heavy atom. The smallest absolute Gasteiger partial charge is 0.213 e. The fraction of sp³-hybridized carbons (Fsp3) is 0.167. The molecule has 0 unspecified atom stereocenters. The summed E-state index contributed by atoms with van der Waals surface area (Å²) in [6, 6.07) is 3.02. The van der Waals surface area contributed by atoms with Gasteiger partial charge in [-0.05, 0) is 17.7 Å². The van der Waals surface area contributed by atoms with E-state index in [1.165, 1.54) is 12.3 Å². The van der Waals surface area contributed by atoms with E-state index in [4.69, 9.17) is 16.7 Å². The van der Waals surface area contributed by atoms with Gasteiger partial charge in [0.1, 0.15) is 5.15 Å². The van der Waals surface area contributed by atoms with Crippen LogP contribution in [-0.2, 0) is 15.8 Å². The minimum Gasteiger partial charge on any atom is -0.245 e. The van der Waals surface area contributed by atoms with Crippen LogP contribution < -0.4 is 5.14 Å². The van der Waals surface area contributed by atoms with Crippen molar-refractivity contribution in [1.29, 1.82) is 0 Å². The van der Waals surface area contributed by atoms with E-state index in [-0.39, 0.29) is 10.9 Å². The molecular formula is C6H7ClN2O2S. The van der Waals surface area contributed by atoms with Crippen LogP contribution in [0.1, 0.15) is 5.56 Å². The average Bonchev–Trinajstić information content (AvgIpc) is 1.82. The van der Waals surface area contributed by atoms with Crippen molar-refractivity contribution in [1.82, 2.24) is 4.98 Å². The zero-order valence-electron chi connectivity index (χ0n) is 6.07. The van der Waals surface area contributed by atoms with Gasteiger partial charge in [0, 0.05) is 6.20 Å². The molecule has 0 amide bonds. The van der Waals surface area contributed by atoms with Crippen LogP contribution in [0.25, 0.3) is 0 Å². The molecule has 1 aromatic heterocycles. The van der Waals surface area contributed by atoms with Gasteiger partial charge >= 0.3 is 0 Å². The number of aromatic nitrogens is 1. The molecule has 0 aliphatic carbocycles. The van der Waals surface area contributed by atoms with Gasteiger partial charge in [0.2, 0.25) is 10.0 Å². The Kier molecular flexibility index (Phi) is 2.66. The van der Waals surface area contributed by atoms with Gasteiger partial charge in [-0.2, -0.15) is 0 Å². The minimum absolute atomic E-state index is 0.213. The van der Waals surface area contributed by atoms with E-state index in [0.717, 1.165) is 0 Å². The van der Waals surface area contributed by atoms with Crippen LogP contribution in [0.4, 0.5) is 0 Å². The van der Waals surface area contributed by atoms with Crippen LogP contribution in [0.2, 0.25) is 5.15 Å². The molecule has 0 spiro atoms. The fourth-order valence-corrected chi connectivity index (χ4v) is 1.61. The molecule has 1 aromatic rings. The second-order valence-corrected chi connectivity index (χ2v) is 4.30. The highest BCUT2D eigenvalue weighted by Gasteiger charge is 2.04. The molecule has 0 atom stereocenters. The van der Waals surface area contributed by atoms with Crippen LogP contribution in [0.3, 0.4) is 0 Å². The molecule has 0 aliphatic heterocycles. The number of halogens is 1. The van der Waals surface area contributed by atoms with E-state index >= 15 is 0 Å². The Morgan fingerprint density at radius 2 is 2.25 bits per heavy atom. The standard InChI is InChI=1S/C6H7ClN2O2S/c7-6-3-5(1-2-9-6)4-12(8,10)11/h1-3H,4H2,(H2,8,10,11). The van der Waals surface area contributed by atoms with Gasteiger partial charge in [-0.25, -0.2) is 18.5 Å². The van der Waals surface area contributed by atoms with E-state index in [9.17, 15) is 8.42 Å². The summed E-state index contributed by atoms with van der Waals surface area (Å²) in [7, 11) is -3.48. The summed E-state index contributed by atoms with van der Waals surface area (Å²) in [5.74, 6) is -0.213. The lowest BCUT2D eigenvalue weighted by atomic mass is 10.3. The van der Waals surface area contributed by atoms with E-state index in [2.05, 4.69) is 4.98 Å². The molecule has 0 aliphatic rings. The van der Waals surface area contributed by atoms with Gasteiger partial charge in [0.15, 0.2) is 0 Å². The van der Waals surface area contributed by atoms with Crippen LogP contribution in [0.15, 0.2) is 18.3 Å². The molecule has 1 heterocycles. The largest absolute Gasteiger partial charge is 0.245 e. The first-order valence-electron chi connectivity index (χ1n) is 3.08. The molecular weight excluding hydrogens is 200 g/mol. The summed E-state index contributed by atoms with van der Waals surface area (Å²) in [6.45, 7) is 0.